The fraction of sp³-hybridized carbons (Fsp3) is 0.562. The molecule has 0 bridgehead atoms. The monoisotopic (exact) mass is 275 g/mol. The first kappa shape index (κ1) is 13.4. The van der Waals surface area contributed by atoms with Gasteiger partial charge in [0, 0.05) is 18.0 Å². The van der Waals surface area contributed by atoms with Crippen LogP contribution in [0.2, 0.25) is 0 Å². The number of benzene rings is 1. The minimum Gasteiger partial charge on any atom is -0.493 e. The SMILES string of the molecule is O=C(NCC1CCCC1O)C1CCOc2ccccc21. The van der Waals surface area contributed by atoms with Crippen molar-refractivity contribution in [1.82, 2.24) is 5.32 Å². The van der Waals surface area contributed by atoms with Gasteiger partial charge >= 0.3 is 0 Å². The maximum Gasteiger partial charge on any atom is 0.227 e. The zero-order valence-corrected chi connectivity index (χ0v) is 11.5. The molecule has 2 aliphatic rings. The molecule has 1 saturated carbocycles. The van der Waals surface area contributed by atoms with Gasteiger partial charge in [-0.3, -0.25) is 4.79 Å². The van der Waals surface area contributed by atoms with Gasteiger partial charge in [0.2, 0.25) is 5.91 Å². The van der Waals surface area contributed by atoms with Crippen LogP contribution in [0, 0.1) is 5.92 Å². The van der Waals surface area contributed by atoms with Crippen LogP contribution in [0.4, 0.5) is 0 Å². The molecule has 3 rings (SSSR count). The van der Waals surface area contributed by atoms with Crippen LogP contribution in [-0.4, -0.2) is 30.3 Å². The van der Waals surface area contributed by atoms with E-state index in [-0.39, 0.29) is 23.8 Å². The largest absolute Gasteiger partial charge is 0.493 e. The third-order valence-electron chi connectivity index (χ3n) is 4.43. The van der Waals surface area contributed by atoms with Crippen molar-refractivity contribution >= 4 is 5.91 Å². The Morgan fingerprint density at radius 1 is 1.30 bits per heavy atom. The van der Waals surface area contributed by atoms with Gasteiger partial charge in [-0.15, -0.1) is 0 Å². The van der Waals surface area contributed by atoms with Crippen LogP contribution >= 0.6 is 0 Å². The van der Waals surface area contributed by atoms with Crippen molar-refractivity contribution in [2.24, 2.45) is 5.92 Å². The molecule has 0 aromatic heterocycles. The van der Waals surface area contributed by atoms with Crippen LogP contribution in [0.5, 0.6) is 5.75 Å². The Bertz CT molecular complexity index is 488. The molecule has 1 heterocycles. The van der Waals surface area contributed by atoms with E-state index in [2.05, 4.69) is 5.32 Å². The van der Waals surface area contributed by atoms with E-state index >= 15 is 0 Å². The summed E-state index contributed by atoms with van der Waals surface area (Å²) in [6, 6.07) is 7.74. The van der Waals surface area contributed by atoms with Crippen LogP contribution in [0.1, 0.15) is 37.2 Å². The molecule has 1 amide bonds. The van der Waals surface area contributed by atoms with Gasteiger partial charge in [-0.05, 0) is 25.3 Å². The molecule has 1 fully saturated rings. The van der Waals surface area contributed by atoms with Crippen molar-refractivity contribution in [2.45, 2.75) is 37.7 Å². The number of amides is 1. The van der Waals surface area contributed by atoms with Crippen LogP contribution in [0.3, 0.4) is 0 Å². The van der Waals surface area contributed by atoms with Gasteiger partial charge < -0.3 is 15.2 Å². The van der Waals surface area contributed by atoms with Crippen molar-refractivity contribution in [3.63, 3.8) is 0 Å². The second-order valence-corrected chi connectivity index (χ2v) is 5.73. The highest BCUT2D eigenvalue weighted by Gasteiger charge is 2.29. The number of rotatable bonds is 3. The molecule has 0 radical (unpaired) electrons. The topological polar surface area (TPSA) is 58.6 Å². The van der Waals surface area contributed by atoms with Gasteiger partial charge in [0.15, 0.2) is 0 Å². The van der Waals surface area contributed by atoms with E-state index in [9.17, 15) is 9.90 Å². The van der Waals surface area contributed by atoms with E-state index in [1.165, 1.54) is 0 Å². The molecule has 1 aliphatic heterocycles. The van der Waals surface area contributed by atoms with Crippen molar-refractivity contribution in [1.29, 1.82) is 0 Å². The number of fused-ring (bicyclic) bond motifs is 1. The zero-order chi connectivity index (χ0) is 13.9. The Morgan fingerprint density at radius 3 is 2.95 bits per heavy atom. The molecule has 1 aromatic carbocycles. The lowest BCUT2D eigenvalue weighted by Gasteiger charge is -2.26. The van der Waals surface area contributed by atoms with Gasteiger partial charge in [-0.2, -0.15) is 0 Å². The van der Waals surface area contributed by atoms with Crippen molar-refractivity contribution in [3.05, 3.63) is 29.8 Å². The molecular formula is C16H21NO3. The smallest absolute Gasteiger partial charge is 0.227 e. The Kier molecular flexibility index (Phi) is 3.92. The van der Waals surface area contributed by atoms with Crippen LogP contribution < -0.4 is 10.1 Å². The Morgan fingerprint density at radius 2 is 2.15 bits per heavy atom. The summed E-state index contributed by atoms with van der Waals surface area (Å²) >= 11 is 0. The Balaban J connectivity index is 1.63. The van der Waals surface area contributed by atoms with Crippen LogP contribution in [0.25, 0.3) is 0 Å². The highest BCUT2D eigenvalue weighted by Crippen LogP contribution is 2.33. The molecule has 4 heteroatoms. The van der Waals surface area contributed by atoms with Gasteiger partial charge in [-0.1, -0.05) is 24.6 Å². The number of para-hydroxylation sites is 1. The summed E-state index contributed by atoms with van der Waals surface area (Å²) < 4.78 is 5.58. The average Bonchev–Trinajstić information content (AvgIpc) is 2.89. The maximum absolute atomic E-state index is 12.4. The van der Waals surface area contributed by atoms with E-state index in [1.54, 1.807) is 0 Å². The summed E-state index contributed by atoms with van der Waals surface area (Å²) in [6.07, 6.45) is 3.39. The van der Waals surface area contributed by atoms with Crippen molar-refractivity contribution in [3.8, 4) is 5.75 Å². The molecule has 20 heavy (non-hydrogen) atoms. The lowest BCUT2D eigenvalue weighted by molar-refractivity contribution is -0.123. The second-order valence-electron chi connectivity index (χ2n) is 5.73. The Hall–Kier alpha value is -1.55. The maximum atomic E-state index is 12.4. The summed E-state index contributed by atoms with van der Waals surface area (Å²) in [7, 11) is 0. The molecule has 1 aliphatic carbocycles. The van der Waals surface area contributed by atoms with E-state index in [0.717, 1.165) is 37.0 Å². The minimum atomic E-state index is -0.253. The minimum absolute atomic E-state index is 0.0554. The normalized spacial score (nSPS) is 28.6. The van der Waals surface area contributed by atoms with Gasteiger partial charge in [-0.25, -0.2) is 0 Å². The first-order valence-electron chi connectivity index (χ1n) is 7.43. The van der Waals surface area contributed by atoms with E-state index in [4.69, 9.17) is 4.74 Å². The molecule has 1 aromatic rings. The number of aliphatic hydroxyl groups is 1. The molecule has 2 N–H and O–H groups in total. The summed E-state index contributed by atoms with van der Waals surface area (Å²) in [6.45, 7) is 1.17. The van der Waals surface area contributed by atoms with Crippen LogP contribution in [-0.2, 0) is 4.79 Å². The summed E-state index contributed by atoms with van der Waals surface area (Å²) in [5, 5.41) is 12.8. The summed E-state index contributed by atoms with van der Waals surface area (Å²) in [4.78, 5) is 12.4. The zero-order valence-electron chi connectivity index (χ0n) is 11.5. The quantitative estimate of drug-likeness (QED) is 0.885. The number of nitrogens with one attached hydrogen (secondary N) is 1. The molecular weight excluding hydrogens is 254 g/mol. The number of ether oxygens (including phenoxy) is 1. The van der Waals surface area contributed by atoms with Crippen molar-refractivity contribution < 1.29 is 14.6 Å². The van der Waals surface area contributed by atoms with E-state index in [1.807, 2.05) is 24.3 Å². The second kappa shape index (κ2) is 5.83. The fourth-order valence-corrected chi connectivity index (χ4v) is 3.22. The highest BCUT2D eigenvalue weighted by molar-refractivity contribution is 5.84. The highest BCUT2D eigenvalue weighted by atomic mass is 16.5. The summed E-state index contributed by atoms with van der Waals surface area (Å²) in [5.74, 6) is 0.965. The molecule has 4 nitrogen and oxygen atoms in total. The third-order valence-corrected chi connectivity index (χ3v) is 4.43. The number of carbonyl (C=O) groups excluding carboxylic acids is 1. The number of carbonyl (C=O) groups is 1. The van der Waals surface area contributed by atoms with Crippen LogP contribution in [0.15, 0.2) is 24.3 Å². The molecule has 3 atom stereocenters. The lowest BCUT2D eigenvalue weighted by Crippen LogP contribution is -2.37. The predicted molar refractivity (Wildman–Crippen MR) is 75.7 cm³/mol. The molecule has 3 unspecified atom stereocenters. The lowest BCUT2D eigenvalue weighted by atomic mass is 9.92. The van der Waals surface area contributed by atoms with Gasteiger partial charge in [0.25, 0.3) is 0 Å². The third kappa shape index (κ3) is 2.66. The van der Waals surface area contributed by atoms with Gasteiger partial charge in [0.05, 0.1) is 18.6 Å². The first-order chi connectivity index (χ1) is 9.75. The van der Waals surface area contributed by atoms with E-state index < -0.39 is 0 Å². The number of hydrogen-bond acceptors (Lipinski definition) is 3. The summed E-state index contributed by atoms with van der Waals surface area (Å²) in [5.41, 5.74) is 0.975. The average molecular weight is 275 g/mol. The molecule has 0 saturated heterocycles. The predicted octanol–water partition coefficient (Wildman–Crippen LogP) is 1.83. The fourth-order valence-electron chi connectivity index (χ4n) is 3.22. The van der Waals surface area contributed by atoms with Crippen molar-refractivity contribution in [2.75, 3.05) is 13.2 Å². The first-order valence-corrected chi connectivity index (χ1v) is 7.43. The van der Waals surface area contributed by atoms with Gasteiger partial charge in [0.1, 0.15) is 5.75 Å². The number of hydrogen-bond donors (Lipinski definition) is 2. The standard InChI is InChI=1S/C16H21NO3/c18-14-6-3-4-11(14)10-17-16(19)13-8-9-20-15-7-2-1-5-12(13)15/h1-2,5,7,11,13-14,18H,3-4,6,8-10H2,(H,17,19). The molecule has 0 spiro atoms. The van der Waals surface area contributed by atoms with E-state index in [0.29, 0.717) is 13.2 Å². The molecule has 108 valence electrons. The number of aliphatic hydroxyl groups excluding tert-OH is 1. The Labute approximate surface area is 119 Å².